The van der Waals surface area contributed by atoms with Crippen molar-refractivity contribution < 1.29 is 17.2 Å². The first-order valence-electron chi connectivity index (χ1n) is 8.73. The monoisotopic (exact) mass is 525 g/mol. The summed E-state index contributed by atoms with van der Waals surface area (Å²) in [5, 5.41) is 0. The maximum atomic E-state index is 15.5. The van der Waals surface area contributed by atoms with Crippen LogP contribution in [0, 0.1) is 12.7 Å². The second-order valence-electron chi connectivity index (χ2n) is 6.42. The summed E-state index contributed by atoms with van der Waals surface area (Å²) in [5.41, 5.74) is 1.93. The van der Waals surface area contributed by atoms with Gasteiger partial charge in [-0.25, -0.2) is 17.1 Å². The molecule has 0 atom stereocenters. The molecule has 7 heteroatoms. The third-order valence-corrected chi connectivity index (χ3v) is 7.08. The van der Waals surface area contributed by atoms with Crippen molar-refractivity contribution in [3.8, 4) is 0 Å². The molecule has 0 fully saturated rings. The van der Waals surface area contributed by atoms with E-state index in [1.807, 2.05) is 6.92 Å². The van der Waals surface area contributed by atoms with Crippen LogP contribution in [-0.4, -0.2) is 12.7 Å². The zero-order chi connectivity index (χ0) is 21.0. The lowest BCUT2D eigenvalue weighted by Crippen LogP contribution is -2.29. The third-order valence-electron chi connectivity index (χ3n) is 4.28. The van der Waals surface area contributed by atoms with E-state index < -0.39 is 21.8 Å². The summed E-state index contributed by atoms with van der Waals surface area (Å²) in [5.74, 6) is -1.37. The first-order valence-corrected chi connectivity index (χ1v) is 11.3. The fourth-order valence-electron chi connectivity index (χ4n) is 2.67. The van der Waals surface area contributed by atoms with E-state index in [1.54, 1.807) is 65.1 Å². The first-order chi connectivity index (χ1) is 13.8. The molecule has 0 aliphatic rings. The van der Waals surface area contributed by atoms with E-state index in [4.69, 9.17) is 0 Å². The van der Waals surface area contributed by atoms with Crippen LogP contribution in [-0.2, 0) is 16.6 Å². The van der Waals surface area contributed by atoms with Crippen LogP contribution in [0.15, 0.2) is 89.7 Å². The summed E-state index contributed by atoms with van der Waals surface area (Å²) in [6.07, 6.45) is 0. The lowest BCUT2D eigenvalue weighted by Gasteiger charge is -2.24. The Balaban J connectivity index is 2.10. The van der Waals surface area contributed by atoms with Crippen LogP contribution in [0.5, 0.6) is 0 Å². The van der Waals surface area contributed by atoms with Crippen LogP contribution >= 0.6 is 22.6 Å². The van der Waals surface area contributed by atoms with Crippen molar-refractivity contribution in [2.75, 3.05) is 0 Å². The molecule has 0 N–H and O–H groups in total. The molecule has 3 aromatic carbocycles. The Bertz CT molecular complexity index is 1110. The van der Waals surface area contributed by atoms with Gasteiger partial charge in [0.15, 0.2) is 0 Å². The van der Waals surface area contributed by atoms with Gasteiger partial charge in [0.1, 0.15) is 5.82 Å². The highest BCUT2D eigenvalue weighted by Crippen LogP contribution is 2.33. The van der Waals surface area contributed by atoms with Crippen LogP contribution in [0.4, 0.5) is 8.78 Å². The highest BCUT2D eigenvalue weighted by Gasteiger charge is 2.29. The molecule has 3 rings (SSSR count). The number of sulfonamides is 1. The molecule has 29 heavy (non-hydrogen) atoms. The Morgan fingerprint density at radius 1 is 0.931 bits per heavy atom. The van der Waals surface area contributed by atoms with Crippen molar-refractivity contribution in [2.24, 2.45) is 0 Å². The summed E-state index contributed by atoms with van der Waals surface area (Å²) in [7, 11) is -4.15. The molecule has 0 bridgehead atoms. The number of halogens is 3. The van der Waals surface area contributed by atoms with Gasteiger partial charge in [0.05, 0.1) is 15.0 Å². The first kappa shape index (κ1) is 21.4. The van der Waals surface area contributed by atoms with E-state index in [9.17, 15) is 12.8 Å². The molecule has 0 radical (unpaired) electrons. The van der Waals surface area contributed by atoms with E-state index in [0.29, 0.717) is 11.1 Å². The number of nitrogens with zero attached hydrogens (tertiary/aromatic N) is 1. The van der Waals surface area contributed by atoms with Gasteiger partial charge in [0, 0.05) is 0 Å². The van der Waals surface area contributed by atoms with Crippen LogP contribution in [0.1, 0.15) is 16.7 Å². The number of hydrogen-bond acceptors (Lipinski definition) is 2. The largest absolute Gasteiger partial charge is 0.266 e. The molecule has 0 saturated heterocycles. The number of hydrogen-bond donors (Lipinski definition) is 0. The molecule has 3 nitrogen and oxygen atoms in total. The molecule has 0 heterocycles. The molecular formula is C22H18F2INO2S. The number of benzene rings is 3. The normalized spacial score (nSPS) is 12.4. The average molecular weight is 525 g/mol. The topological polar surface area (TPSA) is 37.4 Å². The van der Waals surface area contributed by atoms with Gasteiger partial charge in [-0.15, -0.1) is 0 Å². The Hall–Kier alpha value is -2.26. The van der Waals surface area contributed by atoms with Crippen molar-refractivity contribution in [2.45, 2.75) is 18.4 Å². The number of rotatable bonds is 6. The Kier molecular flexibility index (Phi) is 6.69. The minimum absolute atomic E-state index is 0.00233. The summed E-state index contributed by atoms with van der Waals surface area (Å²) >= 11 is 1.74. The molecule has 0 aliphatic carbocycles. The van der Waals surface area contributed by atoms with E-state index in [1.165, 1.54) is 36.4 Å². The summed E-state index contributed by atoms with van der Waals surface area (Å²) in [4.78, 5) is -0.00233. The van der Waals surface area contributed by atoms with Gasteiger partial charge in [0.25, 0.3) is 10.0 Å². The molecular weight excluding hydrogens is 507 g/mol. The molecule has 0 aliphatic heterocycles. The molecule has 150 valence electrons. The maximum absolute atomic E-state index is 15.5. The van der Waals surface area contributed by atoms with E-state index in [-0.39, 0.29) is 15.0 Å². The van der Waals surface area contributed by atoms with Gasteiger partial charge in [-0.05, 0) is 64.9 Å². The van der Waals surface area contributed by atoms with Crippen LogP contribution < -0.4 is 0 Å². The second-order valence-corrected chi connectivity index (χ2v) is 9.36. The predicted molar refractivity (Wildman–Crippen MR) is 119 cm³/mol. The maximum Gasteiger partial charge on any atom is 0.266 e. The van der Waals surface area contributed by atoms with Gasteiger partial charge in [-0.3, -0.25) is 0 Å². The van der Waals surface area contributed by atoms with Gasteiger partial charge in [0.2, 0.25) is 5.95 Å². The Morgan fingerprint density at radius 3 is 2.10 bits per heavy atom. The van der Waals surface area contributed by atoms with E-state index in [0.717, 1.165) is 9.87 Å². The molecule has 0 saturated carbocycles. The van der Waals surface area contributed by atoms with Crippen molar-refractivity contribution in [1.82, 2.24) is 4.31 Å². The van der Waals surface area contributed by atoms with Crippen molar-refractivity contribution in [3.05, 3.63) is 107 Å². The van der Waals surface area contributed by atoms with Crippen molar-refractivity contribution in [1.29, 1.82) is 0 Å². The summed E-state index contributed by atoms with van der Waals surface area (Å²) in [6.45, 7) is 1.67. The van der Waals surface area contributed by atoms with Gasteiger partial charge < -0.3 is 0 Å². The van der Waals surface area contributed by atoms with Crippen LogP contribution in [0.3, 0.4) is 0 Å². The lowest BCUT2D eigenvalue weighted by molar-refractivity contribution is 0.383. The smallest absolute Gasteiger partial charge is 0.236 e. The Labute approximate surface area is 182 Å². The Morgan fingerprint density at radius 2 is 1.52 bits per heavy atom. The highest BCUT2D eigenvalue weighted by atomic mass is 127. The zero-order valence-electron chi connectivity index (χ0n) is 15.5. The minimum Gasteiger partial charge on any atom is -0.236 e. The highest BCUT2D eigenvalue weighted by molar-refractivity contribution is 14.1. The summed E-state index contributed by atoms with van der Waals surface area (Å²) < 4.78 is 56.1. The quantitative estimate of drug-likeness (QED) is 0.290. The molecule has 3 aromatic rings. The van der Waals surface area contributed by atoms with Crippen LogP contribution in [0.25, 0.3) is 3.58 Å². The second kappa shape index (κ2) is 9.04. The number of aryl methyl sites for hydroxylation is 1. The minimum atomic E-state index is -4.15. The van der Waals surface area contributed by atoms with Crippen LogP contribution in [0.2, 0.25) is 0 Å². The van der Waals surface area contributed by atoms with E-state index >= 15 is 4.39 Å². The molecule has 0 aromatic heterocycles. The fourth-order valence-corrected chi connectivity index (χ4v) is 4.84. The summed E-state index contributed by atoms with van der Waals surface area (Å²) in [6, 6.07) is 20.3. The fraction of sp³-hybridized carbons (Fsp3) is 0.0909. The van der Waals surface area contributed by atoms with E-state index in [2.05, 4.69) is 0 Å². The molecule has 0 spiro atoms. The van der Waals surface area contributed by atoms with Gasteiger partial charge >= 0.3 is 0 Å². The van der Waals surface area contributed by atoms with Crippen molar-refractivity contribution in [3.63, 3.8) is 0 Å². The zero-order valence-corrected chi connectivity index (χ0v) is 18.5. The van der Waals surface area contributed by atoms with Crippen molar-refractivity contribution >= 4 is 36.2 Å². The lowest BCUT2D eigenvalue weighted by atomic mass is 10.2. The molecule has 0 unspecified atom stereocenters. The van der Waals surface area contributed by atoms with Gasteiger partial charge in [-0.1, -0.05) is 60.2 Å². The molecule has 0 amide bonds. The average Bonchev–Trinajstić information content (AvgIpc) is 2.72. The third kappa shape index (κ3) is 5.02. The SMILES string of the molecule is Cc1ccc(S(=O)(=O)N(Cc2ccccc2)/C(F)=C(\I)c2ccc(F)cc2)cc1. The standard InChI is InChI=1S/C22H18F2INO2S/c1-16-7-13-20(14-8-16)29(27,28)26(15-17-5-3-2-4-6-17)22(24)21(25)18-9-11-19(23)12-10-18/h2-14H,15H2,1H3/b22-21-. The van der Waals surface area contributed by atoms with Gasteiger partial charge in [-0.2, -0.15) is 4.39 Å². The predicted octanol–water partition coefficient (Wildman–Crippen LogP) is 6.06.